The fraction of sp³-hybridized carbons (Fsp3) is 0.316. The minimum atomic E-state index is -0.364. The van der Waals surface area contributed by atoms with Crippen molar-refractivity contribution in [3.05, 3.63) is 65.7 Å². The summed E-state index contributed by atoms with van der Waals surface area (Å²) >= 11 is 0. The summed E-state index contributed by atoms with van der Waals surface area (Å²) in [5, 5.41) is 3.22. The van der Waals surface area contributed by atoms with Crippen molar-refractivity contribution in [1.29, 1.82) is 0 Å². The molecule has 25 heavy (non-hydrogen) atoms. The minimum Gasteiger partial charge on any atom is -0.316 e. The van der Waals surface area contributed by atoms with Crippen LogP contribution < -0.4 is 10.2 Å². The predicted molar refractivity (Wildman–Crippen MR) is 96.8 cm³/mol. The van der Waals surface area contributed by atoms with Crippen molar-refractivity contribution in [2.75, 3.05) is 18.0 Å². The molecule has 0 saturated carbocycles. The molecule has 0 aromatic heterocycles. The van der Waals surface area contributed by atoms with Gasteiger partial charge in [0, 0.05) is 17.8 Å². The summed E-state index contributed by atoms with van der Waals surface area (Å²) < 4.78 is 27.2. The van der Waals surface area contributed by atoms with E-state index >= 15 is 0 Å². The standard InChI is InChI=1S/C19H20F2N2O.ClH/c20-16-7-9-17(10-8-16)23(13-15-4-1-2-6-18(15)21)19(24)14-5-3-11-22-12-14;/h1-2,4,6-10,14,22H,3,5,11-13H2;1H. The van der Waals surface area contributed by atoms with Crippen LogP contribution in [0.2, 0.25) is 0 Å². The molecule has 1 amide bonds. The van der Waals surface area contributed by atoms with Gasteiger partial charge in [0.2, 0.25) is 5.91 Å². The number of hydrogen-bond acceptors (Lipinski definition) is 2. The summed E-state index contributed by atoms with van der Waals surface area (Å²) in [6.07, 6.45) is 1.74. The van der Waals surface area contributed by atoms with Crippen molar-refractivity contribution in [2.45, 2.75) is 19.4 Å². The Morgan fingerprint density at radius 3 is 2.48 bits per heavy atom. The van der Waals surface area contributed by atoms with Crippen LogP contribution in [-0.2, 0) is 11.3 Å². The molecule has 2 aromatic carbocycles. The van der Waals surface area contributed by atoms with E-state index in [1.807, 2.05) is 0 Å². The zero-order valence-corrected chi connectivity index (χ0v) is 14.6. The molecule has 1 heterocycles. The zero-order chi connectivity index (χ0) is 16.9. The van der Waals surface area contributed by atoms with Crippen molar-refractivity contribution >= 4 is 24.0 Å². The van der Waals surface area contributed by atoms with E-state index in [4.69, 9.17) is 0 Å². The van der Waals surface area contributed by atoms with Crippen LogP contribution in [-0.4, -0.2) is 19.0 Å². The molecule has 0 bridgehead atoms. The number of nitrogens with zero attached hydrogens (tertiary/aromatic N) is 1. The van der Waals surface area contributed by atoms with Crippen molar-refractivity contribution < 1.29 is 13.6 Å². The first-order valence-corrected chi connectivity index (χ1v) is 8.16. The summed E-state index contributed by atoms with van der Waals surface area (Å²) in [4.78, 5) is 14.5. The first-order valence-electron chi connectivity index (χ1n) is 8.16. The Morgan fingerprint density at radius 2 is 1.84 bits per heavy atom. The number of halogens is 3. The Bertz CT molecular complexity index is 703. The first-order chi connectivity index (χ1) is 11.6. The van der Waals surface area contributed by atoms with Gasteiger partial charge in [-0.1, -0.05) is 18.2 Å². The highest BCUT2D eigenvalue weighted by Gasteiger charge is 2.27. The zero-order valence-electron chi connectivity index (χ0n) is 13.8. The van der Waals surface area contributed by atoms with E-state index < -0.39 is 0 Å². The summed E-state index contributed by atoms with van der Waals surface area (Å²) in [7, 11) is 0. The van der Waals surface area contributed by atoms with Crippen molar-refractivity contribution in [1.82, 2.24) is 5.32 Å². The lowest BCUT2D eigenvalue weighted by atomic mass is 9.97. The van der Waals surface area contributed by atoms with E-state index in [1.54, 1.807) is 35.2 Å². The highest BCUT2D eigenvalue weighted by molar-refractivity contribution is 5.95. The molecule has 1 aliphatic heterocycles. The first kappa shape index (κ1) is 19.3. The second kappa shape index (κ2) is 8.92. The maximum atomic E-state index is 14.0. The summed E-state index contributed by atoms with van der Waals surface area (Å²) in [6.45, 7) is 1.66. The minimum absolute atomic E-state index is 0. The van der Waals surface area contributed by atoms with Gasteiger partial charge in [-0.15, -0.1) is 12.4 Å². The molecular formula is C19H21ClF2N2O. The monoisotopic (exact) mass is 366 g/mol. The van der Waals surface area contributed by atoms with Gasteiger partial charge in [-0.3, -0.25) is 4.79 Å². The summed E-state index contributed by atoms with van der Waals surface area (Å²) in [5.74, 6) is -0.914. The average molecular weight is 367 g/mol. The van der Waals surface area contributed by atoms with Crippen LogP contribution in [0.3, 0.4) is 0 Å². The predicted octanol–water partition coefficient (Wildman–Crippen LogP) is 3.92. The summed E-state index contributed by atoms with van der Waals surface area (Å²) in [5.41, 5.74) is 1.02. The lowest BCUT2D eigenvalue weighted by Crippen LogP contribution is -2.43. The lowest BCUT2D eigenvalue weighted by molar-refractivity contribution is -0.123. The molecule has 1 atom stereocenters. The maximum Gasteiger partial charge on any atom is 0.231 e. The third-order valence-corrected chi connectivity index (χ3v) is 4.34. The molecule has 1 fully saturated rings. The number of nitrogens with one attached hydrogen (secondary N) is 1. The Morgan fingerprint density at radius 1 is 1.12 bits per heavy atom. The Balaban J connectivity index is 0.00000225. The van der Waals surface area contributed by atoms with Gasteiger partial charge in [0.25, 0.3) is 0 Å². The number of piperidine rings is 1. The normalized spacial score (nSPS) is 16.8. The van der Waals surface area contributed by atoms with Crippen LogP contribution in [0.15, 0.2) is 48.5 Å². The molecule has 3 nitrogen and oxygen atoms in total. The quantitative estimate of drug-likeness (QED) is 0.889. The number of carbonyl (C=O) groups excluding carboxylic acids is 1. The maximum absolute atomic E-state index is 14.0. The van der Waals surface area contributed by atoms with E-state index in [0.717, 1.165) is 19.4 Å². The average Bonchev–Trinajstić information content (AvgIpc) is 2.62. The lowest BCUT2D eigenvalue weighted by Gasteiger charge is -2.30. The molecule has 0 aliphatic carbocycles. The Hall–Kier alpha value is -1.98. The number of carbonyl (C=O) groups is 1. The second-order valence-corrected chi connectivity index (χ2v) is 6.04. The van der Waals surface area contributed by atoms with Crippen LogP contribution in [0.25, 0.3) is 0 Å². The SMILES string of the molecule is Cl.O=C(C1CCCNC1)N(Cc1ccccc1F)c1ccc(F)cc1. The third-order valence-electron chi connectivity index (χ3n) is 4.34. The van der Waals surface area contributed by atoms with Gasteiger partial charge in [0.15, 0.2) is 0 Å². The van der Waals surface area contributed by atoms with Gasteiger partial charge in [0.05, 0.1) is 12.5 Å². The van der Waals surface area contributed by atoms with Crippen LogP contribution in [0, 0.1) is 17.6 Å². The second-order valence-electron chi connectivity index (χ2n) is 6.04. The highest BCUT2D eigenvalue weighted by Crippen LogP contribution is 2.23. The molecule has 1 unspecified atom stereocenters. The van der Waals surface area contributed by atoms with E-state index in [1.165, 1.54) is 18.2 Å². The topological polar surface area (TPSA) is 32.3 Å². The van der Waals surface area contributed by atoms with E-state index in [-0.39, 0.29) is 42.4 Å². The number of amides is 1. The van der Waals surface area contributed by atoms with Crippen LogP contribution in [0.4, 0.5) is 14.5 Å². The molecule has 1 N–H and O–H groups in total. The smallest absolute Gasteiger partial charge is 0.231 e. The molecule has 1 saturated heterocycles. The molecule has 6 heteroatoms. The van der Waals surface area contributed by atoms with Crippen molar-refractivity contribution in [3.8, 4) is 0 Å². The number of anilines is 1. The van der Waals surface area contributed by atoms with Crippen molar-refractivity contribution in [2.24, 2.45) is 5.92 Å². The molecular weight excluding hydrogens is 346 g/mol. The molecule has 0 radical (unpaired) electrons. The fourth-order valence-corrected chi connectivity index (χ4v) is 3.00. The van der Waals surface area contributed by atoms with Crippen LogP contribution in [0.5, 0.6) is 0 Å². The molecule has 134 valence electrons. The Labute approximate surface area is 152 Å². The van der Waals surface area contributed by atoms with Gasteiger partial charge in [0.1, 0.15) is 11.6 Å². The van der Waals surface area contributed by atoms with E-state index in [2.05, 4.69) is 5.32 Å². The summed E-state index contributed by atoms with van der Waals surface area (Å²) in [6, 6.07) is 12.2. The highest BCUT2D eigenvalue weighted by atomic mass is 35.5. The molecule has 0 spiro atoms. The fourth-order valence-electron chi connectivity index (χ4n) is 3.00. The van der Waals surface area contributed by atoms with Gasteiger partial charge < -0.3 is 10.2 Å². The number of benzene rings is 2. The van der Waals surface area contributed by atoms with Crippen LogP contribution in [0.1, 0.15) is 18.4 Å². The van der Waals surface area contributed by atoms with E-state index in [9.17, 15) is 13.6 Å². The van der Waals surface area contributed by atoms with Crippen molar-refractivity contribution in [3.63, 3.8) is 0 Å². The van der Waals surface area contributed by atoms with Crippen LogP contribution >= 0.6 is 12.4 Å². The van der Waals surface area contributed by atoms with Gasteiger partial charge in [-0.05, 0) is 49.7 Å². The number of rotatable bonds is 4. The van der Waals surface area contributed by atoms with E-state index in [0.29, 0.717) is 17.8 Å². The largest absolute Gasteiger partial charge is 0.316 e. The number of hydrogen-bond donors (Lipinski definition) is 1. The third kappa shape index (κ3) is 4.77. The van der Waals surface area contributed by atoms with Gasteiger partial charge in [-0.2, -0.15) is 0 Å². The molecule has 1 aliphatic rings. The molecule has 3 rings (SSSR count). The van der Waals surface area contributed by atoms with Gasteiger partial charge >= 0.3 is 0 Å². The molecule has 2 aromatic rings. The Kier molecular flexibility index (Phi) is 6.91. The van der Waals surface area contributed by atoms with Gasteiger partial charge in [-0.25, -0.2) is 8.78 Å².